The van der Waals surface area contributed by atoms with Crippen LogP contribution in [0.3, 0.4) is 0 Å². The van der Waals surface area contributed by atoms with Crippen molar-refractivity contribution in [2.45, 2.75) is 20.0 Å². The SMILES string of the molecule is CCNCc1cn(CCF)nn1. The molecule has 0 spiro atoms. The van der Waals surface area contributed by atoms with Crippen molar-refractivity contribution in [3.63, 3.8) is 0 Å². The van der Waals surface area contributed by atoms with Gasteiger partial charge in [-0.2, -0.15) is 0 Å². The molecule has 0 amide bonds. The Morgan fingerprint density at radius 3 is 3.17 bits per heavy atom. The van der Waals surface area contributed by atoms with Crippen LogP contribution < -0.4 is 5.32 Å². The number of aromatic nitrogens is 3. The van der Waals surface area contributed by atoms with Crippen molar-refractivity contribution in [2.24, 2.45) is 0 Å². The third kappa shape index (κ3) is 2.58. The molecule has 0 radical (unpaired) electrons. The highest BCUT2D eigenvalue weighted by molar-refractivity contribution is 4.91. The van der Waals surface area contributed by atoms with Crippen molar-refractivity contribution < 1.29 is 4.39 Å². The molecule has 0 unspecified atom stereocenters. The third-order valence-electron chi connectivity index (χ3n) is 1.46. The fourth-order valence-electron chi connectivity index (χ4n) is 0.868. The van der Waals surface area contributed by atoms with E-state index in [1.54, 1.807) is 6.20 Å². The molecule has 1 aromatic rings. The maximum atomic E-state index is 11.8. The van der Waals surface area contributed by atoms with Crippen molar-refractivity contribution in [2.75, 3.05) is 13.2 Å². The van der Waals surface area contributed by atoms with E-state index in [0.29, 0.717) is 13.1 Å². The lowest BCUT2D eigenvalue weighted by Gasteiger charge is -1.94. The van der Waals surface area contributed by atoms with Crippen LogP contribution in [-0.4, -0.2) is 28.2 Å². The van der Waals surface area contributed by atoms with Crippen LogP contribution in [0.5, 0.6) is 0 Å². The van der Waals surface area contributed by atoms with E-state index in [1.165, 1.54) is 4.68 Å². The normalized spacial score (nSPS) is 10.5. The summed E-state index contributed by atoms with van der Waals surface area (Å²) in [5.41, 5.74) is 0.852. The monoisotopic (exact) mass is 172 g/mol. The minimum Gasteiger partial charge on any atom is -0.311 e. The van der Waals surface area contributed by atoms with E-state index in [1.807, 2.05) is 6.92 Å². The molecule has 0 saturated heterocycles. The van der Waals surface area contributed by atoms with E-state index in [0.717, 1.165) is 12.2 Å². The topological polar surface area (TPSA) is 42.7 Å². The lowest BCUT2D eigenvalue weighted by molar-refractivity contribution is 0.422. The van der Waals surface area contributed by atoms with Gasteiger partial charge in [0, 0.05) is 12.7 Å². The molecule has 1 rings (SSSR count). The predicted molar refractivity (Wildman–Crippen MR) is 43.4 cm³/mol. The molecule has 1 aromatic heterocycles. The van der Waals surface area contributed by atoms with Crippen LogP contribution in [0.4, 0.5) is 4.39 Å². The number of alkyl halides is 1. The highest BCUT2D eigenvalue weighted by atomic mass is 19.1. The highest BCUT2D eigenvalue weighted by Gasteiger charge is 1.98. The molecule has 0 aromatic carbocycles. The lowest BCUT2D eigenvalue weighted by atomic mass is 10.4. The molecule has 0 fully saturated rings. The highest BCUT2D eigenvalue weighted by Crippen LogP contribution is 1.92. The first-order chi connectivity index (χ1) is 5.86. The molecule has 1 N–H and O–H groups in total. The van der Waals surface area contributed by atoms with E-state index in [-0.39, 0.29) is 0 Å². The molecule has 0 bridgehead atoms. The summed E-state index contributed by atoms with van der Waals surface area (Å²) in [5.74, 6) is 0. The van der Waals surface area contributed by atoms with E-state index in [2.05, 4.69) is 15.6 Å². The summed E-state index contributed by atoms with van der Waals surface area (Å²) in [6, 6.07) is 0. The van der Waals surface area contributed by atoms with E-state index in [9.17, 15) is 4.39 Å². The van der Waals surface area contributed by atoms with Crippen LogP contribution in [-0.2, 0) is 13.1 Å². The van der Waals surface area contributed by atoms with Crippen LogP contribution in [0.1, 0.15) is 12.6 Å². The number of aryl methyl sites for hydroxylation is 1. The number of rotatable bonds is 5. The zero-order valence-electron chi connectivity index (χ0n) is 7.13. The van der Waals surface area contributed by atoms with Crippen LogP contribution in [0.15, 0.2) is 6.20 Å². The Bertz CT molecular complexity index is 223. The van der Waals surface area contributed by atoms with Crippen LogP contribution in [0, 0.1) is 0 Å². The minimum absolute atomic E-state index is 0.291. The van der Waals surface area contributed by atoms with Crippen LogP contribution in [0.2, 0.25) is 0 Å². The molecule has 0 saturated carbocycles. The zero-order valence-corrected chi connectivity index (χ0v) is 7.13. The standard InChI is InChI=1S/C7H13FN4/c1-2-9-5-7-6-12(4-3-8)11-10-7/h6,9H,2-5H2,1H3. The van der Waals surface area contributed by atoms with Gasteiger partial charge in [0.1, 0.15) is 6.67 Å². The average Bonchev–Trinajstić information content (AvgIpc) is 2.50. The van der Waals surface area contributed by atoms with Gasteiger partial charge in [0.05, 0.1) is 12.2 Å². The third-order valence-corrected chi connectivity index (χ3v) is 1.46. The van der Waals surface area contributed by atoms with Gasteiger partial charge < -0.3 is 5.32 Å². The van der Waals surface area contributed by atoms with Crippen LogP contribution in [0.25, 0.3) is 0 Å². The predicted octanol–water partition coefficient (Wildman–Crippen LogP) is 0.357. The second-order valence-corrected chi connectivity index (χ2v) is 2.44. The van der Waals surface area contributed by atoms with Gasteiger partial charge in [0.25, 0.3) is 0 Å². The van der Waals surface area contributed by atoms with E-state index in [4.69, 9.17) is 0 Å². The van der Waals surface area contributed by atoms with Crippen molar-refractivity contribution >= 4 is 0 Å². The molecule has 5 heteroatoms. The summed E-state index contributed by atoms with van der Waals surface area (Å²) in [7, 11) is 0. The van der Waals surface area contributed by atoms with Gasteiger partial charge in [-0.3, -0.25) is 0 Å². The van der Waals surface area contributed by atoms with Gasteiger partial charge in [-0.25, -0.2) is 9.07 Å². The largest absolute Gasteiger partial charge is 0.311 e. The summed E-state index contributed by atoms with van der Waals surface area (Å²) >= 11 is 0. The molecule has 0 aliphatic carbocycles. The average molecular weight is 172 g/mol. The number of nitrogens with one attached hydrogen (secondary N) is 1. The second kappa shape index (κ2) is 4.82. The second-order valence-electron chi connectivity index (χ2n) is 2.44. The summed E-state index contributed by atoms with van der Waals surface area (Å²) in [5, 5.41) is 10.7. The molecule has 1 heterocycles. The first kappa shape index (κ1) is 9.12. The number of hydrogen-bond acceptors (Lipinski definition) is 3. The molecule has 68 valence electrons. The molecule has 0 aliphatic rings. The summed E-state index contributed by atoms with van der Waals surface area (Å²) in [6.45, 7) is 3.51. The van der Waals surface area contributed by atoms with E-state index < -0.39 is 6.67 Å². The number of hydrogen-bond donors (Lipinski definition) is 1. The quantitative estimate of drug-likeness (QED) is 0.697. The van der Waals surface area contributed by atoms with Crippen molar-refractivity contribution in [1.82, 2.24) is 20.3 Å². The molecule has 0 atom stereocenters. The Morgan fingerprint density at radius 1 is 1.67 bits per heavy atom. The molecular weight excluding hydrogens is 159 g/mol. The summed E-state index contributed by atoms with van der Waals surface area (Å²) in [4.78, 5) is 0. The fraction of sp³-hybridized carbons (Fsp3) is 0.714. The number of nitrogens with zero attached hydrogens (tertiary/aromatic N) is 3. The van der Waals surface area contributed by atoms with Crippen molar-refractivity contribution in [3.8, 4) is 0 Å². The van der Waals surface area contributed by atoms with Gasteiger partial charge in [-0.05, 0) is 6.54 Å². The smallest absolute Gasteiger partial charge is 0.109 e. The maximum absolute atomic E-state index is 11.8. The molecular formula is C7H13FN4. The molecule has 4 nitrogen and oxygen atoms in total. The van der Waals surface area contributed by atoms with Crippen molar-refractivity contribution in [3.05, 3.63) is 11.9 Å². The summed E-state index contributed by atoms with van der Waals surface area (Å²) < 4.78 is 13.3. The number of halogens is 1. The Hall–Kier alpha value is -0.970. The lowest BCUT2D eigenvalue weighted by Crippen LogP contribution is -2.11. The van der Waals surface area contributed by atoms with Gasteiger partial charge in [-0.1, -0.05) is 12.1 Å². The van der Waals surface area contributed by atoms with Gasteiger partial charge in [-0.15, -0.1) is 5.10 Å². The fourth-order valence-corrected chi connectivity index (χ4v) is 0.868. The van der Waals surface area contributed by atoms with Gasteiger partial charge in [0.15, 0.2) is 0 Å². The Balaban J connectivity index is 2.41. The first-order valence-electron chi connectivity index (χ1n) is 4.02. The minimum atomic E-state index is -0.399. The van der Waals surface area contributed by atoms with Crippen LogP contribution >= 0.6 is 0 Å². The Morgan fingerprint density at radius 2 is 2.50 bits per heavy atom. The molecule has 0 aliphatic heterocycles. The Kier molecular flexibility index (Phi) is 3.66. The first-order valence-corrected chi connectivity index (χ1v) is 4.02. The van der Waals surface area contributed by atoms with E-state index >= 15 is 0 Å². The maximum Gasteiger partial charge on any atom is 0.109 e. The van der Waals surface area contributed by atoms with Crippen molar-refractivity contribution in [1.29, 1.82) is 0 Å². The molecule has 12 heavy (non-hydrogen) atoms. The summed E-state index contributed by atoms with van der Waals surface area (Å²) in [6.07, 6.45) is 1.75. The Labute approximate surface area is 70.8 Å². The zero-order chi connectivity index (χ0) is 8.81. The van der Waals surface area contributed by atoms with Gasteiger partial charge >= 0.3 is 0 Å². The van der Waals surface area contributed by atoms with Gasteiger partial charge in [0.2, 0.25) is 0 Å².